The van der Waals surface area contributed by atoms with Gasteiger partial charge in [0.2, 0.25) is 5.91 Å². The van der Waals surface area contributed by atoms with Gasteiger partial charge >= 0.3 is 0 Å². The predicted octanol–water partition coefficient (Wildman–Crippen LogP) is 5.07. The molecule has 0 aliphatic carbocycles. The molecule has 1 heterocycles. The van der Waals surface area contributed by atoms with Crippen LogP contribution in [0, 0.1) is 13.8 Å². The second-order valence-electron chi connectivity index (χ2n) is 8.87. The number of hydrogen-bond donors (Lipinski definition) is 1. The summed E-state index contributed by atoms with van der Waals surface area (Å²) in [6.45, 7) is 6.01. The van der Waals surface area contributed by atoms with Crippen molar-refractivity contribution in [1.29, 1.82) is 0 Å². The molecule has 6 nitrogen and oxygen atoms in total. The zero-order chi connectivity index (χ0) is 25.0. The van der Waals surface area contributed by atoms with Crippen LogP contribution in [0.15, 0.2) is 71.6 Å². The van der Waals surface area contributed by atoms with Gasteiger partial charge in [0, 0.05) is 30.3 Å². The second-order valence-corrected chi connectivity index (χ2v) is 11.2. The summed E-state index contributed by atoms with van der Waals surface area (Å²) < 4.78 is 28.2. The van der Waals surface area contributed by atoms with E-state index >= 15 is 0 Å². The van der Waals surface area contributed by atoms with E-state index in [1.807, 2.05) is 32.0 Å². The minimum Gasteiger partial charge on any atom is -0.372 e. The fourth-order valence-corrected chi connectivity index (χ4v) is 5.66. The fourth-order valence-electron chi connectivity index (χ4n) is 4.12. The van der Waals surface area contributed by atoms with E-state index in [0.29, 0.717) is 17.3 Å². The molecule has 35 heavy (non-hydrogen) atoms. The standard InChI is InChI=1S/C27H30ClN3O3S/c1-20-5-10-25(17-21(20)2)31(35(33,34)26-13-8-23(28)9-14-26)19-27(32)29-18-22-6-11-24(12-7-22)30-15-3-4-16-30/h5-14,17H,3-4,15-16,18-19H2,1-2H3,(H,29,32). The highest BCUT2D eigenvalue weighted by Gasteiger charge is 2.27. The lowest BCUT2D eigenvalue weighted by Gasteiger charge is -2.25. The number of nitrogens with one attached hydrogen (secondary N) is 1. The molecule has 1 fully saturated rings. The van der Waals surface area contributed by atoms with E-state index in [1.165, 1.54) is 42.8 Å². The van der Waals surface area contributed by atoms with Crippen molar-refractivity contribution in [3.63, 3.8) is 0 Å². The predicted molar refractivity (Wildman–Crippen MR) is 142 cm³/mol. The van der Waals surface area contributed by atoms with E-state index in [0.717, 1.165) is 34.1 Å². The van der Waals surface area contributed by atoms with Crippen LogP contribution in [-0.2, 0) is 21.4 Å². The number of carbonyl (C=O) groups excluding carboxylic acids is 1. The van der Waals surface area contributed by atoms with Gasteiger partial charge in [0.1, 0.15) is 6.54 Å². The molecule has 1 aliphatic rings. The Kier molecular flexibility index (Phi) is 7.67. The van der Waals surface area contributed by atoms with Gasteiger partial charge in [0.15, 0.2) is 0 Å². The molecule has 4 rings (SSSR count). The number of halogens is 1. The Hall–Kier alpha value is -3.03. The minimum atomic E-state index is -3.99. The molecule has 3 aromatic carbocycles. The number of hydrogen-bond acceptors (Lipinski definition) is 4. The lowest BCUT2D eigenvalue weighted by molar-refractivity contribution is -0.119. The summed E-state index contributed by atoms with van der Waals surface area (Å²) in [7, 11) is -3.99. The molecule has 0 aromatic heterocycles. The monoisotopic (exact) mass is 511 g/mol. The Morgan fingerprint density at radius 3 is 2.23 bits per heavy atom. The highest BCUT2D eigenvalue weighted by atomic mass is 35.5. The quantitative estimate of drug-likeness (QED) is 0.458. The summed E-state index contributed by atoms with van der Waals surface area (Å²) in [5.41, 5.74) is 4.57. The van der Waals surface area contributed by atoms with Crippen LogP contribution in [0.2, 0.25) is 5.02 Å². The van der Waals surface area contributed by atoms with Gasteiger partial charge in [-0.3, -0.25) is 9.10 Å². The van der Waals surface area contributed by atoms with Gasteiger partial charge in [-0.1, -0.05) is 29.8 Å². The summed E-state index contributed by atoms with van der Waals surface area (Å²) in [6, 6.07) is 19.5. The van der Waals surface area contributed by atoms with Gasteiger partial charge in [-0.05, 0) is 91.9 Å². The molecule has 0 atom stereocenters. The van der Waals surface area contributed by atoms with Crippen molar-refractivity contribution in [1.82, 2.24) is 5.32 Å². The Bertz CT molecular complexity index is 1290. The highest BCUT2D eigenvalue weighted by molar-refractivity contribution is 7.92. The first-order chi connectivity index (χ1) is 16.7. The van der Waals surface area contributed by atoms with Crippen molar-refractivity contribution in [2.45, 2.75) is 38.1 Å². The number of rotatable bonds is 8. The Morgan fingerprint density at radius 2 is 1.60 bits per heavy atom. The maximum Gasteiger partial charge on any atom is 0.264 e. The lowest BCUT2D eigenvalue weighted by Crippen LogP contribution is -2.40. The molecule has 0 unspecified atom stereocenters. The summed E-state index contributed by atoms with van der Waals surface area (Å²) in [5, 5.41) is 3.31. The number of carbonyl (C=O) groups is 1. The molecule has 1 amide bonds. The van der Waals surface area contributed by atoms with Crippen molar-refractivity contribution in [3.8, 4) is 0 Å². The number of benzene rings is 3. The number of sulfonamides is 1. The molecule has 0 spiro atoms. The van der Waals surface area contributed by atoms with Crippen LogP contribution >= 0.6 is 11.6 Å². The van der Waals surface area contributed by atoms with Gasteiger partial charge in [-0.25, -0.2) is 8.42 Å². The normalized spacial score (nSPS) is 13.6. The summed E-state index contributed by atoms with van der Waals surface area (Å²) >= 11 is 5.95. The average Bonchev–Trinajstić information content (AvgIpc) is 3.39. The Balaban J connectivity index is 1.50. The molecule has 184 valence electrons. The lowest BCUT2D eigenvalue weighted by atomic mass is 10.1. The number of anilines is 2. The summed E-state index contributed by atoms with van der Waals surface area (Å²) in [6.07, 6.45) is 2.43. The average molecular weight is 512 g/mol. The Labute approximate surface area is 212 Å². The maximum absolute atomic E-state index is 13.5. The maximum atomic E-state index is 13.5. The van der Waals surface area contributed by atoms with Crippen LogP contribution in [0.1, 0.15) is 29.5 Å². The first-order valence-corrected chi connectivity index (χ1v) is 13.5. The third kappa shape index (κ3) is 5.97. The number of aryl methyl sites for hydroxylation is 2. The van der Waals surface area contributed by atoms with E-state index in [2.05, 4.69) is 22.3 Å². The van der Waals surface area contributed by atoms with E-state index in [9.17, 15) is 13.2 Å². The van der Waals surface area contributed by atoms with Crippen molar-refractivity contribution in [2.75, 3.05) is 28.8 Å². The molecule has 0 saturated carbocycles. The van der Waals surface area contributed by atoms with Gasteiger partial charge in [-0.15, -0.1) is 0 Å². The van der Waals surface area contributed by atoms with Crippen LogP contribution in [0.5, 0.6) is 0 Å². The van der Waals surface area contributed by atoms with Crippen LogP contribution in [0.25, 0.3) is 0 Å². The van der Waals surface area contributed by atoms with Gasteiger partial charge in [0.25, 0.3) is 10.0 Å². The van der Waals surface area contributed by atoms with Gasteiger partial charge in [0.05, 0.1) is 10.6 Å². The van der Waals surface area contributed by atoms with Crippen LogP contribution < -0.4 is 14.5 Å². The highest BCUT2D eigenvalue weighted by Crippen LogP contribution is 2.26. The van der Waals surface area contributed by atoms with Gasteiger partial charge < -0.3 is 10.2 Å². The Morgan fingerprint density at radius 1 is 0.943 bits per heavy atom. The zero-order valence-corrected chi connectivity index (χ0v) is 21.6. The smallest absolute Gasteiger partial charge is 0.264 e. The molecular formula is C27H30ClN3O3S. The second kappa shape index (κ2) is 10.7. The molecular weight excluding hydrogens is 482 g/mol. The van der Waals surface area contributed by atoms with Crippen molar-refractivity contribution in [3.05, 3.63) is 88.4 Å². The van der Waals surface area contributed by atoms with E-state index in [1.54, 1.807) is 12.1 Å². The first kappa shape index (κ1) is 25.1. The van der Waals surface area contributed by atoms with Crippen molar-refractivity contribution in [2.24, 2.45) is 0 Å². The number of amides is 1. The zero-order valence-electron chi connectivity index (χ0n) is 20.0. The van der Waals surface area contributed by atoms with Crippen molar-refractivity contribution < 1.29 is 13.2 Å². The van der Waals surface area contributed by atoms with Crippen LogP contribution in [-0.4, -0.2) is 34.0 Å². The summed E-state index contributed by atoms with van der Waals surface area (Å²) in [4.78, 5) is 15.3. The SMILES string of the molecule is Cc1ccc(N(CC(=O)NCc2ccc(N3CCCC3)cc2)S(=O)(=O)c2ccc(Cl)cc2)cc1C. The number of nitrogens with zero attached hydrogens (tertiary/aromatic N) is 2. The van der Waals surface area contributed by atoms with E-state index in [-0.39, 0.29) is 17.3 Å². The fraction of sp³-hybridized carbons (Fsp3) is 0.296. The molecule has 0 bridgehead atoms. The third-order valence-corrected chi connectivity index (χ3v) is 8.40. The third-order valence-electron chi connectivity index (χ3n) is 6.36. The molecule has 1 aliphatic heterocycles. The van der Waals surface area contributed by atoms with Crippen molar-refractivity contribution >= 4 is 38.9 Å². The molecule has 1 N–H and O–H groups in total. The van der Waals surface area contributed by atoms with Crippen LogP contribution in [0.4, 0.5) is 11.4 Å². The molecule has 1 saturated heterocycles. The summed E-state index contributed by atoms with van der Waals surface area (Å²) in [5.74, 6) is -0.385. The topological polar surface area (TPSA) is 69.7 Å². The minimum absolute atomic E-state index is 0.0745. The molecule has 8 heteroatoms. The van der Waals surface area contributed by atoms with Crippen LogP contribution in [0.3, 0.4) is 0 Å². The molecule has 3 aromatic rings. The van der Waals surface area contributed by atoms with E-state index in [4.69, 9.17) is 11.6 Å². The molecule has 0 radical (unpaired) electrons. The first-order valence-electron chi connectivity index (χ1n) is 11.7. The van der Waals surface area contributed by atoms with E-state index < -0.39 is 10.0 Å². The largest absolute Gasteiger partial charge is 0.372 e. The van der Waals surface area contributed by atoms with Gasteiger partial charge in [-0.2, -0.15) is 0 Å².